The summed E-state index contributed by atoms with van der Waals surface area (Å²) in [6.07, 6.45) is 2.64. The molecule has 1 saturated heterocycles. The van der Waals surface area contributed by atoms with E-state index in [0.29, 0.717) is 23.7 Å². The van der Waals surface area contributed by atoms with E-state index in [1.807, 2.05) is 0 Å². The summed E-state index contributed by atoms with van der Waals surface area (Å²) >= 11 is 5.79. The largest absolute Gasteiger partial charge is 0.313 e. The molecular weight excluding hydrogens is 312 g/mol. The first kappa shape index (κ1) is 17.7. The molecule has 1 fully saturated rings. The van der Waals surface area contributed by atoms with Crippen LogP contribution in [0.5, 0.6) is 0 Å². The van der Waals surface area contributed by atoms with Crippen molar-refractivity contribution in [2.45, 2.75) is 39.2 Å². The van der Waals surface area contributed by atoms with E-state index >= 15 is 0 Å². The number of hydrogen-bond donors (Lipinski definition) is 0. The molecule has 1 aromatic rings. The van der Waals surface area contributed by atoms with Crippen molar-refractivity contribution in [1.29, 1.82) is 5.26 Å². The van der Waals surface area contributed by atoms with Crippen molar-refractivity contribution in [2.24, 2.45) is 5.41 Å². The van der Waals surface area contributed by atoms with E-state index in [9.17, 15) is 10.1 Å². The molecule has 2 rings (SSSR count). The fraction of sp³-hybridized carbons (Fsp3) is 0.588. The number of aromatic nitrogens is 1. The van der Waals surface area contributed by atoms with Crippen LogP contribution in [0.2, 0.25) is 5.15 Å². The number of likely N-dealkylation sites (tertiary alicyclic amines) is 1. The van der Waals surface area contributed by atoms with Gasteiger partial charge in [0.1, 0.15) is 10.6 Å². The van der Waals surface area contributed by atoms with Crippen LogP contribution in [0.3, 0.4) is 0 Å². The maximum absolute atomic E-state index is 12.9. The lowest BCUT2D eigenvalue weighted by Crippen LogP contribution is -2.53. The number of carbonyl (C=O) groups is 1. The van der Waals surface area contributed by atoms with E-state index < -0.39 is 5.41 Å². The molecule has 0 aliphatic carbocycles. The molecule has 124 valence electrons. The van der Waals surface area contributed by atoms with Gasteiger partial charge in [-0.15, -0.1) is 0 Å². The molecule has 0 aromatic carbocycles. The number of anilines is 1. The number of halogens is 1. The first-order chi connectivity index (χ1) is 10.7. The Labute approximate surface area is 142 Å². The Morgan fingerprint density at radius 2 is 2.00 bits per heavy atom. The van der Waals surface area contributed by atoms with Crippen LogP contribution in [-0.2, 0) is 4.79 Å². The summed E-state index contributed by atoms with van der Waals surface area (Å²) in [6.45, 7) is 7.95. The number of pyridine rings is 1. The summed E-state index contributed by atoms with van der Waals surface area (Å²) in [5.74, 6) is -0.169. The van der Waals surface area contributed by atoms with Gasteiger partial charge in [-0.3, -0.25) is 9.69 Å². The molecule has 0 unspecified atom stereocenters. The summed E-state index contributed by atoms with van der Waals surface area (Å²) < 4.78 is 0. The van der Waals surface area contributed by atoms with E-state index in [-0.39, 0.29) is 11.4 Å². The molecule has 1 aliphatic heterocycles. The van der Waals surface area contributed by atoms with Crippen LogP contribution in [0, 0.1) is 16.7 Å². The molecule has 0 radical (unpaired) electrons. The van der Waals surface area contributed by atoms with Gasteiger partial charge in [-0.1, -0.05) is 11.6 Å². The van der Waals surface area contributed by atoms with Crippen molar-refractivity contribution < 1.29 is 4.79 Å². The van der Waals surface area contributed by atoms with Crippen LogP contribution >= 0.6 is 11.6 Å². The average Bonchev–Trinajstić information content (AvgIpc) is 2.53. The lowest BCUT2D eigenvalue weighted by atomic mass is 9.77. The summed E-state index contributed by atoms with van der Waals surface area (Å²) in [5, 5.41) is 10.1. The fourth-order valence-electron chi connectivity index (χ4n) is 2.94. The Bertz CT molecular complexity index is 607. The second-order valence-corrected chi connectivity index (χ2v) is 7.44. The smallest absolute Gasteiger partial charge is 0.247 e. The van der Waals surface area contributed by atoms with Crippen LogP contribution in [0.1, 0.15) is 33.6 Å². The highest BCUT2D eigenvalue weighted by Gasteiger charge is 2.45. The lowest BCUT2D eigenvalue weighted by Gasteiger charge is -2.43. The third-order valence-electron chi connectivity index (χ3n) is 4.59. The molecule has 2 heterocycles. The van der Waals surface area contributed by atoms with E-state index in [4.69, 9.17) is 11.6 Å². The second-order valence-electron chi connectivity index (χ2n) is 7.06. The average molecular weight is 335 g/mol. The van der Waals surface area contributed by atoms with Crippen molar-refractivity contribution in [3.05, 3.63) is 23.5 Å². The zero-order chi connectivity index (χ0) is 17.3. The highest BCUT2D eigenvalue weighted by Crippen LogP contribution is 2.36. The standard InChI is InChI=1S/C17H23ClN4O/c1-16(2,3)22-9-7-17(12-19,8-10-22)15(23)21(4)13-5-6-14(18)20-11-13/h5-6,11H,7-10H2,1-4H3. The zero-order valence-corrected chi connectivity index (χ0v) is 14.9. The van der Waals surface area contributed by atoms with Gasteiger partial charge in [0.25, 0.3) is 0 Å². The van der Waals surface area contributed by atoms with Gasteiger partial charge in [-0.25, -0.2) is 4.98 Å². The van der Waals surface area contributed by atoms with Crippen LogP contribution in [0.15, 0.2) is 18.3 Å². The van der Waals surface area contributed by atoms with Crippen molar-refractivity contribution in [1.82, 2.24) is 9.88 Å². The summed E-state index contributed by atoms with van der Waals surface area (Å²) in [7, 11) is 1.68. The summed E-state index contributed by atoms with van der Waals surface area (Å²) in [5.41, 5.74) is -0.264. The van der Waals surface area contributed by atoms with Gasteiger partial charge >= 0.3 is 0 Å². The van der Waals surface area contributed by atoms with Crippen molar-refractivity contribution in [2.75, 3.05) is 25.0 Å². The predicted molar refractivity (Wildman–Crippen MR) is 91.3 cm³/mol. The van der Waals surface area contributed by atoms with Crippen molar-refractivity contribution in [3.63, 3.8) is 0 Å². The van der Waals surface area contributed by atoms with Gasteiger partial charge in [0.05, 0.1) is 18.0 Å². The molecule has 23 heavy (non-hydrogen) atoms. The molecular formula is C17H23ClN4O. The fourth-order valence-corrected chi connectivity index (χ4v) is 3.05. The second kappa shape index (κ2) is 6.46. The monoisotopic (exact) mass is 334 g/mol. The highest BCUT2D eigenvalue weighted by molar-refractivity contribution is 6.29. The van der Waals surface area contributed by atoms with E-state index in [1.54, 1.807) is 25.4 Å². The van der Waals surface area contributed by atoms with Crippen LogP contribution in [-0.4, -0.2) is 41.5 Å². The quantitative estimate of drug-likeness (QED) is 0.780. The molecule has 0 spiro atoms. The maximum atomic E-state index is 12.9. The molecule has 0 bridgehead atoms. The number of carbonyl (C=O) groups excluding carboxylic acids is 1. The molecule has 0 atom stereocenters. The SMILES string of the molecule is CN(C(=O)C1(C#N)CCN(C(C)(C)C)CC1)c1ccc(Cl)nc1. The van der Waals surface area contributed by atoms with Crippen LogP contribution in [0.25, 0.3) is 0 Å². The van der Waals surface area contributed by atoms with Gasteiger partial charge < -0.3 is 4.90 Å². The highest BCUT2D eigenvalue weighted by atomic mass is 35.5. The number of hydrogen-bond acceptors (Lipinski definition) is 4. The van der Waals surface area contributed by atoms with Gasteiger partial charge in [0.15, 0.2) is 0 Å². The van der Waals surface area contributed by atoms with Gasteiger partial charge in [0, 0.05) is 25.7 Å². The molecule has 1 aromatic heterocycles. The maximum Gasteiger partial charge on any atom is 0.247 e. The number of nitrogens with zero attached hydrogens (tertiary/aromatic N) is 4. The molecule has 5 nitrogen and oxygen atoms in total. The normalized spacial score (nSPS) is 18.3. The Morgan fingerprint density at radius 3 is 2.43 bits per heavy atom. The van der Waals surface area contributed by atoms with Crippen LogP contribution < -0.4 is 4.90 Å². The van der Waals surface area contributed by atoms with Crippen molar-refractivity contribution >= 4 is 23.2 Å². The lowest BCUT2D eigenvalue weighted by molar-refractivity contribution is -0.128. The Balaban J connectivity index is 2.16. The van der Waals surface area contributed by atoms with Gasteiger partial charge in [-0.2, -0.15) is 5.26 Å². The van der Waals surface area contributed by atoms with E-state index in [1.165, 1.54) is 4.90 Å². The third kappa shape index (κ3) is 3.65. The third-order valence-corrected chi connectivity index (χ3v) is 4.82. The number of nitriles is 1. The summed E-state index contributed by atoms with van der Waals surface area (Å²) in [4.78, 5) is 20.8. The summed E-state index contributed by atoms with van der Waals surface area (Å²) in [6, 6.07) is 5.67. The Kier molecular flexibility index (Phi) is 4.98. The first-order valence-corrected chi connectivity index (χ1v) is 8.13. The van der Waals surface area contributed by atoms with E-state index in [2.05, 4.69) is 36.7 Å². The minimum Gasteiger partial charge on any atom is -0.313 e. The molecule has 0 saturated carbocycles. The molecule has 6 heteroatoms. The minimum atomic E-state index is -0.962. The minimum absolute atomic E-state index is 0.0522. The van der Waals surface area contributed by atoms with Gasteiger partial charge in [0.2, 0.25) is 5.91 Å². The number of amides is 1. The number of rotatable bonds is 2. The first-order valence-electron chi connectivity index (χ1n) is 7.76. The Hall–Kier alpha value is -1.64. The predicted octanol–water partition coefficient (Wildman–Crippen LogP) is 3.10. The molecule has 1 aliphatic rings. The van der Waals surface area contributed by atoms with Crippen molar-refractivity contribution in [3.8, 4) is 6.07 Å². The van der Waals surface area contributed by atoms with E-state index in [0.717, 1.165) is 13.1 Å². The Morgan fingerprint density at radius 1 is 1.39 bits per heavy atom. The topological polar surface area (TPSA) is 60.2 Å². The zero-order valence-electron chi connectivity index (χ0n) is 14.1. The molecule has 1 amide bonds. The van der Waals surface area contributed by atoms with Crippen LogP contribution in [0.4, 0.5) is 5.69 Å². The number of piperidine rings is 1. The molecule has 0 N–H and O–H groups in total. The van der Waals surface area contributed by atoms with Gasteiger partial charge in [-0.05, 0) is 45.7 Å².